The largest absolute Gasteiger partial charge is 0.476 e. The van der Waals surface area contributed by atoms with Crippen LogP contribution in [0.3, 0.4) is 0 Å². The molecule has 1 saturated heterocycles. The highest BCUT2D eigenvalue weighted by Crippen LogP contribution is 2.24. The van der Waals surface area contributed by atoms with Gasteiger partial charge >= 0.3 is 0 Å². The van der Waals surface area contributed by atoms with Crippen LogP contribution in [0.1, 0.15) is 6.92 Å². The molecule has 1 aliphatic rings. The van der Waals surface area contributed by atoms with E-state index in [9.17, 15) is 0 Å². The summed E-state index contributed by atoms with van der Waals surface area (Å²) in [6.07, 6.45) is 5.41. The molecule has 10 heteroatoms. The predicted octanol–water partition coefficient (Wildman–Crippen LogP) is 0.596. The Morgan fingerprint density at radius 3 is 2.81 bits per heavy atom. The van der Waals surface area contributed by atoms with Gasteiger partial charge in [0.2, 0.25) is 11.8 Å². The third kappa shape index (κ3) is 3.96. The van der Waals surface area contributed by atoms with Gasteiger partial charge < -0.3 is 15.2 Å². The molecule has 3 aromatic heterocycles. The first-order valence-corrected chi connectivity index (χ1v) is 8.99. The summed E-state index contributed by atoms with van der Waals surface area (Å²) in [4.78, 5) is 19.6. The van der Waals surface area contributed by atoms with Crippen molar-refractivity contribution in [2.24, 2.45) is 0 Å². The van der Waals surface area contributed by atoms with Crippen molar-refractivity contribution in [1.82, 2.24) is 34.6 Å². The molecule has 0 aromatic carbocycles. The summed E-state index contributed by atoms with van der Waals surface area (Å²) in [7, 11) is 0. The van der Waals surface area contributed by atoms with Crippen LogP contribution in [0.5, 0.6) is 5.88 Å². The van der Waals surface area contributed by atoms with Crippen LogP contribution in [0.25, 0.3) is 22.4 Å². The van der Waals surface area contributed by atoms with Crippen molar-refractivity contribution in [3.05, 3.63) is 18.6 Å². The van der Waals surface area contributed by atoms with E-state index >= 15 is 0 Å². The summed E-state index contributed by atoms with van der Waals surface area (Å²) >= 11 is 0. The Morgan fingerprint density at radius 1 is 1.15 bits per heavy atom. The number of nitrogens with zero attached hydrogens (tertiary/aromatic N) is 7. The summed E-state index contributed by atoms with van der Waals surface area (Å²) in [5, 5.41) is 4.44. The third-order valence-corrected chi connectivity index (χ3v) is 4.35. The Labute approximate surface area is 156 Å². The number of ether oxygens (including phenoxy) is 2. The van der Waals surface area contributed by atoms with E-state index < -0.39 is 0 Å². The summed E-state index contributed by atoms with van der Waals surface area (Å²) in [6.45, 7) is 7.61. The smallest absolute Gasteiger partial charge is 0.247 e. The lowest BCUT2D eigenvalue weighted by molar-refractivity contribution is 0.0360. The summed E-state index contributed by atoms with van der Waals surface area (Å²) in [6, 6.07) is 0. The molecule has 27 heavy (non-hydrogen) atoms. The maximum Gasteiger partial charge on any atom is 0.247 e. The Morgan fingerprint density at radius 2 is 2.00 bits per heavy atom. The van der Waals surface area contributed by atoms with Crippen LogP contribution in [0.15, 0.2) is 18.6 Å². The van der Waals surface area contributed by atoms with Gasteiger partial charge in [0.25, 0.3) is 0 Å². The number of fused-ring (bicyclic) bond motifs is 1. The number of aromatic nitrogens is 6. The Balaban J connectivity index is 1.54. The van der Waals surface area contributed by atoms with E-state index in [-0.39, 0.29) is 5.95 Å². The van der Waals surface area contributed by atoms with Crippen LogP contribution >= 0.6 is 0 Å². The number of nitrogen functional groups attached to an aromatic ring is 1. The topological polar surface area (TPSA) is 117 Å². The Kier molecular flexibility index (Phi) is 5.07. The molecule has 1 fully saturated rings. The molecule has 0 amide bonds. The van der Waals surface area contributed by atoms with Gasteiger partial charge in [-0.25, -0.2) is 9.97 Å². The highest BCUT2D eigenvalue weighted by molar-refractivity contribution is 5.79. The Bertz CT molecular complexity index is 922. The highest BCUT2D eigenvalue weighted by Gasteiger charge is 2.14. The zero-order valence-electron chi connectivity index (χ0n) is 15.2. The number of anilines is 1. The van der Waals surface area contributed by atoms with Crippen LogP contribution in [-0.2, 0) is 11.3 Å². The second-order valence-electron chi connectivity index (χ2n) is 6.19. The normalized spacial score (nSPS) is 15.3. The average Bonchev–Trinajstić information content (AvgIpc) is 3.16. The van der Waals surface area contributed by atoms with Gasteiger partial charge in [0.1, 0.15) is 0 Å². The number of hydrogen-bond donors (Lipinski definition) is 1. The maximum atomic E-state index is 5.71. The van der Waals surface area contributed by atoms with Crippen molar-refractivity contribution in [2.45, 2.75) is 13.5 Å². The molecule has 0 atom stereocenters. The van der Waals surface area contributed by atoms with Crippen LogP contribution < -0.4 is 10.5 Å². The quantitative estimate of drug-likeness (QED) is 0.665. The molecule has 1 aliphatic heterocycles. The van der Waals surface area contributed by atoms with E-state index in [0.29, 0.717) is 29.3 Å². The van der Waals surface area contributed by atoms with Gasteiger partial charge in [-0.3, -0.25) is 9.58 Å². The standard InChI is InChI=1S/C17H22N8O2/c1-2-27-16-14-15(22-17(18)23-16)19-10-13(21-14)12-9-20-25(11-12)4-3-24-5-7-26-8-6-24/h9-11H,2-8H2,1H3,(H2,18,19,22,23). The molecule has 0 bridgehead atoms. The zero-order chi connectivity index (χ0) is 18.6. The minimum atomic E-state index is 0.115. The molecule has 10 nitrogen and oxygen atoms in total. The predicted molar refractivity (Wildman–Crippen MR) is 99.2 cm³/mol. The molecule has 142 valence electrons. The molecule has 4 rings (SSSR count). The van der Waals surface area contributed by atoms with Gasteiger partial charge in [0.15, 0.2) is 11.2 Å². The summed E-state index contributed by atoms with van der Waals surface area (Å²) < 4.78 is 12.8. The lowest BCUT2D eigenvalue weighted by atomic mass is 10.2. The Hall–Kier alpha value is -2.85. The average molecular weight is 370 g/mol. The fourth-order valence-corrected chi connectivity index (χ4v) is 2.96. The van der Waals surface area contributed by atoms with E-state index in [4.69, 9.17) is 15.2 Å². The molecule has 0 radical (unpaired) electrons. The van der Waals surface area contributed by atoms with Crippen molar-refractivity contribution in [2.75, 3.05) is 45.2 Å². The van der Waals surface area contributed by atoms with E-state index in [2.05, 4.69) is 29.9 Å². The van der Waals surface area contributed by atoms with Crippen molar-refractivity contribution in [1.29, 1.82) is 0 Å². The molecule has 3 aromatic rings. The number of rotatable bonds is 6. The molecule has 4 heterocycles. The second kappa shape index (κ2) is 7.80. The van der Waals surface area contributed by atoms with Crippen LogP contribution in [0.2, 0.25) is 0 Å². The van der Waals surface area contributed by atoms with Crippen LogP contribution in [-0.4, -0.2) is 74.1 Å². The summed E-state index contributed by atoms with van der Waals surface area (Å²) in [5.74, 6) is 0.456. The molecular weight excluding hydrogens is 348 g/mol. The lowest BCUT2D eigenvalue weighted by Crippen LogP contribution is -2.38. The van der Waals surface area contributed by atoms with Crippen LogP contribution in [0.4, 0.5) is 5.95 Å². The highest BCUT2D eigenvalue weighted by atomic mass is 16.5. The monoisotopic (exact) mass is 370 g/mol. The van der Waals surface area contributed by atoms with E-state index in [0.717, 1.165) is 45.0 Å². The van der Waals surface area contributed by atoms with E-state index in [1.165, 1.54) is 0 Å². The van der Waals surface area contributed by atoms with Gasteiger partial charge in [0, 0.05) is 31.4 Å². The zero-order valence-corrected chi connectivity index (χ0v) is 15.2. The third-order valence-electron chi connectivity index (χ3n) is 4.35. The fraction of sp³-hybridized carbons (Fsp3) is 0.471. The van der Waals surface area contributed by atoms with Crippen molar-refractivity contribution < 1.29 is 9.47 Å². The first kappa shape index (κ1) is 17.6. The van der Waals surface area contributed by atoms with E-state index in [1.807, 2.05) is 17.8 Å². The van der Waals surface area contributed by atoms with Crippen molar-refractivity contribution >= 4 is 17.1 Å². The van der Waals surface area contributed by atoms with Crippen molar-refractivity contribution in [3.63, 3.8) is 0 Å². The molecule has 2 N–H and O–H groups in total. The van der Waals surface area contributed by atoms with Crippen molar-refractivity contribution in [3.8, 4) is 17.1 Å². The van der Waals surface area contributed by atoms with Gasteiger partial charge in [0.05, 0.1) is 44.5 Å². The fourth-order valence-electron chi connectivity index (χ4n) is 2.96. The molecule has 0 saturated carbocycles. The number of morpholine rings is 1. The lowest BCUT2D eigenvalue weighted by Gasteiger charge is -2.26. The van der Waals surface area contributed by atoms with Gasteiger partial charge in [-0.05, 0) is 6.92 Å². The minimum absolute atomic E-state index is 0.115. The maximum absolute atomic E-state index is 5.71. The number of hydrogen-bond acceptors (Lipinski definition) is 9. The second-order valence-corrected chi connectivity index (χ2v) is 6.19. The molecule has 0 aliphatic carbocycles. The van der Waals surface area contributed by atoms with Gasteiger partial charge in [-0.15, -0.1) is 0 Å². The minimum Gasteiger partial charge on any atom is -0.476 e. The van der Waals surface area contributed by atoms with Gasteiger partial charge in [-0.1, -0.05) is 0 Å². The number of nitrogens with two attached hydrogens (primary N) is 1. The van der Waals surface area contributed by atoms with Gasteiger partial charge in [-0.2, -0.15) is 15.1 Å². The summed E-state index contributed by atoms with van der Waals surface area (Å²) in [5.41, 5.74) is 8.18. The van der Waals surface area contributed by atoms with E-state index in [1.54, 1.807) is 12.4 Å². The molecule has 0 unspecified atom stereocenters. The molecule has 0 spiro atoms. The first-order valence-electron chi connectivity index (χ1n) is 8.99. The SMILES string of the molecule is CCOc1nc(N)nc2ncc(-c3cnn(CCN4CCOCC4)c3)nc12. The van der Waals surface area contributed by atoms with Crippen LogP contribution in [0, 0.1) is 0 Å². The molecular formula is C17H22N8O2. The first-order chi connectivity index (χ1) is 13.2.